The molecule has 0 aliphatic heterocycles. The zero-order chi connectivity index (χ0) is 15.6. The SMILES string of the molecule is CC(C)(C)N(Cc1ccc(N)cc1)C(=O)OS(N)(=O)=O. The molecule has 112 valence electrons. The van der Waals surface area contributed by atoms with E-state index in [-0.39, 0.29) is 6.54 Å². The molecule has 1 rings (SSSR count). The van der Waals surface area contributed by atoms with Crippen molar-refractivity contribution in [3.05, 3.63) is 29.8 Å². The van der Waals surface area contributed by atoms with Crippen LogP contribution < -0.4 is 10.9 Å². The minimum atomic E-state index is -4.34. The van der Waals surface area contributed by atoms with Crippen molar-refractivity contribution < 1.29 is 17.4 Å². The Morgan fingerprint density at radius 2 is 1.75 bits per heavy atom. The van der Waals surface area contributed by atoms with E-state index in [1.807, 2.05) is 0 Å². The fourth-order valence-electron chi connectivity index (χ4n) is 1.53. The summed E-state index contributed by atoms with van der Waals surface area (Å²) in [6, 6.07) is 6.89. The van der Waals surface area contributed by atoms with Crippen LogP contribution in [0.5, 0.6) is 0 Å². The first-order chi connectivity index (χ1) is 8.99. The molecule has 4 N–H and O–H groups in total. The molecular formula is C12H19N3O4S. The Morgan fingerprint density at radius 3 is 2.15 bits per heavy atom. The Balaban J connectivity index is 2.96. The van der Waals surface area contributed by atoms with E-state index in [4.69, 9.17) is 10.9 Å². The zero-order valence-electron chi connectivity index (χ0n) is 11.7. The molecule has 20 heavy (non-hydrogen) atoms. The Hall–Kier alpha value is -1.80. The van der Waals surface area contributed by atoms with Gasteiger partial charge in [-0.05, 0) is 38.5 Å². The molecule has 0 spiro atoms. The van der Waals surface area contributed by atoms with Crippen LogP contribution in [0.2, 0.25) is 0 Å². The third kappa shape index (κ3) is 5.06. The summed E-state index contributed by atoms with van der Waals surface area (Å²) in [5.74, 6) is 0. The summed E-state index contributed by atoms with van der Waals surface area (Å²) in [7, 11) is -4.34. The lowest BCUT2D eigenvalue weighted by molar-refractivity contribution is 0.104. The number of nitrogens with two attached hydrogens (primary N) is 2. The molecule has 1 amide bonds. The smallest absolute Gasteiger partial charge is 0.399 e. The lowest BCUT2D eigenvalue weighted by Crippen LogP contribution is -2.46. The molecule has 0 saturated carbocycles. The van der Waals surface area contributed by atoms with E-state index in [2.05, 4.69) is 4.18 Å². The van der Waals surface area contributed by atoms with E-state index in [0.717, 1.165) is 5.56 Å². The van der Waals surface area contributed by atoms with Crippen molar-refractivity contribution in [2.75, 3.05) is 5.73 Å². The topological polar surface area (TPSA) is 116 Å². The molecule has 0 saturated heterocycles. The minimum absolute atomic E-state index is 0.179. The maximum atomic E-state index is 11.9. The third-order valence-corrected chi connectivity index (χ3v) is 2.91. The quantitative estimate of drug-likeness (QED) is 0.814. The predicted octanol–water partition coefficient (Wildman–Crippen LogP) is 1.21. The Labute approximate surface area is 118 Å². The number of hydrogen-bond acceptors (Lipinski definition) is 5. The van der Waals surface area contributed by atoms with Gasteiger partial charge in [-0.15, -0.1) is 0 Å². The minimum Gasteiger partial charge on any atom is -0.399 e. The van der Waals surface area contributed by atoms with Crippen LogP contribution in [0.15, 0.2) is 24.3 Å². The number of amides is 1. The van der Waals surface area contributed by atoms with Crippen molar-refractivity contribution in [3.8, 4) is 0 Å². The maximum absolute atomic E-state index is 11.9. The largest absolute Gasteiger partial charge is 0.427 e. The third-order valence-electron chi connectivity index (χ3n) is 2.54. The van der Waals surface area contributed by atoms with Gasteiger partial charge in [0.2, 0.25) is 0 Å². The molecule has 0 atom stereocenters. The van der Waals surface area contributed by atoms with E-state index in [1.165, 1.54) is 4.90 Å². The van der Waals surface area contributed by atoms with Crippen LogP contribution in [0.3, 0.4) is 0 Å². The molecule has 0 heterocycles. The normalized spacial score (nSPS) is 12.0. The highest BCUT2D eigenvalue weighted by Crippen LogP contribution is 2.19. The molecule has 1 aromatic rings. The van der Waals surface area contributed by atoms with Gasteiger partial charge in [-0.1, -0.05) is 12.1 Å². The number of benzene rings is 1. The number of rotatable bonds is 3. The highest BCUT2D eigenvalue weighted by molar-refractivity contribution is 7.84. The molecule has 0 unspecified atom stereocenters. The lowest BCUT2D eigenvalue weighted by atomic mass is 10.1. The summed E-state index contributed by atoms with van der Waals surface area (Å²) in [5, 5.41) is 4.72. The Morgan fingerprint density at radius 1 is 1.25 bits per heavy atom. The fourth-order valence-corrected chi connectivity index (χ4v) is 1.81. The fraction of sp³-hybridized carbons (Fsp3) is 0.417. The van der Waals surface area contributed by atoms with Gasteiger partial charge in [0.15, 0.2) is 0 Å². The van der Waals surface area contributed by atoms with Crippen molar-refractivity contribution in [1.29, 1.82) is 0 Å². The molecular weight excluding hydrogens is 282 g/mol. The summed E-state index contributed by atoms with van der Waals surface area (Å²) < 4.78 is 26.0. The molecule has 8 heteroatoms. The maximum Gasteiger partial charge on any atom is 0.427 e. The Kier molecular flexibility index (Phi) is 4.61. The van der Waals surface area contributed by atoms with Crippen LogP contribution >= 0.6 is 0 Å². The average Bonchev–Trinajstić information content (AvgIpc) is 2.24. The Bertz CT molecular complexity index is 576. The predicted molar refractivity (Wildman–Crippen MR) is 75.7 cm³/mol. The molecule has 0 aliphatic rings. The van der Waals surface area contributed by atoms with Crippen molar-refractivity contribution >= 4 is 22.1 Å². The van der Waals surface area contributed by atoms with E-state index in [9.17, 15) is 13.2 Å². The number of anilines is 1. The summed E-state index contributed by atoms with van der Waals surface area (Å²) in [6.45, 7) is 5.45. The van der Waals surface area contributed by atoms with Crippen LogP contribution in [0.1, 0.15) is 26.3 Å². The van der Waals surface area contributed by atoms with Gasteiger partial charge in [-0.3, -0.25) is 4.90 Å². The van der Waals surface area contributed by atoms with Crippen LogP contribution in [-0.2, 0) is 21.0 Å². The lowest BCUT2D eigenvalue weighted by Gasteiger charge is -2.34. The van der Waals surface area contributed by atoms with E-state index in [1.54, 1.807) is 45.0 Å². The molecule has 0 radical (unpaired) electrons. The first kappa shape index (κ1) is 16.3. The van der Waals surface area contributed by atoms with Gasteiger partial charge < -0.3 is 9.92 Å². The number of carbonyl (C=O) groups excluding carboxylic acids is 1. The molecule has 1 aromatic carbocycles. The van der Waals surface area contributed by atoms with Crippen LogP contribution in [0.25, 0.3) is 0 Å². The van der Waals surface area contributed by atoms with Crippen LogP contribution in [0.4, 0.5) is 10.5 Å². The van der Waals surface area contributed by atoms with Gasteiger partial charge in [-0.25, -0.2) is 4.79 Å². The standard InChI is InChI=1S/C12H19N3O4S/c1-12(2,3)15(11(16)19-20(14,17)18)8-9-4-6-10(13)7-5-9/h4-7H,8,13H2,1-3H3,(H2,14,17,18). The van der Waals surface area contributed by atoms with Gasteiger partial charge in [0, 0.05) is 17.8 Å². The van der Waals surface area contributed by atoms with Crippen molar-refractivity contribution in [3.63, 3.8) is 0 Å². The second-order valence-corrected chi connectivity index (χ2v) is 6.49. The van der Waals surface area contributed by atoms with Crippen LogP contribution in [0, 0.1) is 0 Å². The van der Waals surface area contributed by atoms with Crippen LogP contribution in [-0.4, -0.2) is 24.9 Å². The van der Waals surface area contributed by atoms with Crippen molar-refractivity contribution in [2.24, 2.45) is 5.14 Å². The summed E-state index contributed by atoms with van der Waals surface area (Å²) in [5.41, 5.74) is 6.34. The van der Waals surface area contributed by atoms with Gasteiger partial charge in [0.05, 0.1) is 0 Å². The first-order valence-electron chi connectivity index (χ1n) is 5.87. The van der Waals surface area contributed by atoms with Crippen molar-refractivity contribution in [2.45, 2.75) is 32.9 Å². The second kappa shape index (κ2) is 5.68. The average molecular weight is 301 g/mol. The van der Waals surface area contributed by atoms with Gasteiger partial charge >= 0.3 is 16.4 Å². The summed E-state index contributed by atoms with van der Waals surface area (Å²) >= 11 is 0. The number of nitrogen functional groups attached to an aromatic ring is 1. The number of nitrogens with zero attached hydrogens (tertiary/aromatic N) is 1. The summed E-state index contributed by atoms with van der Waals surface area (Å²) in [6.07, 6.45) is -1.02. The molecule has 7 nitrogen and oxygen atoms in total. The number of carbonyl (C=O) groups is 1. The summed E-state index contributed by atoms with van der Waals surface area (Å²) in [4.78, 5) is 13.2. The van der Waals surface area contributed by atoms with E-state index < -0.39 is 21.9 Å². The highest BCUT2D eigenvalue weighted by Gasteiger charge is 2.30. The van der Waals surface area contributed by atoms with Gasteiger partial charge in [0.1, 0.15) is 0 Å². The van der Waals surface area contributed by atoms with Gasteiger partial charge in [0.25, 0.3) is 0 Å². The monoisotopic (exact) mass is 301 g/mol. The molecule has 0 aliphatic carbocycles. The second-order valence-electron chi connectivity index (χ2n) is 5.34. The van der Waals surface area contributed by atoms with Gasteiger partial charge in [-0.2, -0.15) is 13.6 Å². The molecule has 0 fully saturated rings. The molecule has 0 bridgehead atoms. The molecule has 0 aromatic heterocycles. The highest BCUT2D eigenvalue weighted by atomic mass is 32.2. The first-order valence-corrected chi connectivity index (χ1v) is 7.34. The number of hydrogen-bond donors (Lipinski definition) is 2. The van der Waals surface area contributed by atoms with E-state index >= 15 is 0 Å². The zero-order valence-corrected chi connectivity index (χ0v) is 12.5. The van der Waals surface area contributed by atoms with Crippen molar-refractivity contribution in [1.82, 2.24) is 4.90 Å². The van der Waals surface area contributed by atoms with E-state index in [0.29, 0.717) is 5.69 Å².